The van der Waals surface area contributed by atoms with Gasteiger partial charge in [-0.25, -0.2) is 8.42 Å². The Morgan fingerprint density at radius 3 is 2.52 bits per heavy atom. The molecule has 3 rings (SSSR count). The van der Waals surface area contributed by atoms with Crippen LogP contribution in [0.3, 0.4) is 0 Å². The molecule has 31 heavy (non-hydrogen) atoms. The molecule has 7 heteroatoms. The lowest BCUT2D eigenvalue weighted by atomic mass is 9.95. The van der Waals surface area contributed by atoms with E-state index >= 15 is 0 Å². The van der Waals surface area contributed by atoms with Crippen molar-refractivity contribution in [3.63, 3.8) is 0 Å². The second-order valence-electron chi connectivity index (χ2n) is 8.29. The highest BCUT2D eigenvalue weighted by molar-refractivity contribution is 7.89. The summed E-state index contributed by atoms with van der Waals surface area (Å²) in [6, 6.07) is 12.2. The van der Waals surface area contributed by atoms with Gasteiger partial charge in [-0.2, -0.15) is 4.31 Å². The lowest BCUT2D eigenvalue weighted by molar-refractivity contribution is 0.0589. The SMILES string of the molecule is CCN(CC)S(=O)(=O)c1cc(C(=O)N2CCCCC2CCCc2ccccc2)n(C)c1. The molecular formula is C24H35N3O3S. The molecule has 1 aromatic heterocycles. The predicted molar refractivity (Wildman–Crippen MR) is 124 cm³/mol. The second-order valence-corrected chi connectivity index (χ2v) is 10.2. The molecule has 0 radical (unpaired) electrons. The number of nitrogens with zero attached hydrogens (tertiary/aromatic N) is 3. The van der Waals surface area contributed by atoms with Gasteiger partial charge in [-0.1, -0.05) is 44.2 Å². The summed E-state index contributed by atoms with van der Waals surface area (Å²) in [6.45, 7) is 5.20. The Bertz CT molecular complexity index is 965. The predicted octanol–water partition coefficient (Wildman–Crippen LogP) is 4.07. The zero-order valence-corrected chi connectivity index (χ0v) is 19.8. The summed E-state index contributed by atoms with van der Waals surface area (Å²) in [5, 5.41) is 0. The standard InChI is InChI=1S/C24H35N3O3S/c1-4-26(5-2)31(29,30)22-18-23(25(3)19-22)24(28)27-17-10-9-15-21(27)16-11-14-20-12-7-6-8-13-20/h6-8,12-13,18-19,21H,4-5,9-11,14-17H2,1-3H3. The first-order valence-electron chi connectivity index (χ1n) is 11.4. The van der Waals surface area contributed by atoms with Gasteiger partial charge in [-0.15, -0.1) is 0 Å². The number of aryl methyl sites for hydroxylation is 2. The summed E-state index contributed by atoms with van der Waals surface area (Å²) in [4.78, 5) is 15.6. The fraction of sp³-hybridized carbons (Fsp3) is 0.542. The van der Waals surface area contributed by atoms with E-state index in [4.69, 9.17) is 0 Å². The number of amides is 1. The van der Waals surface area contributed by atoms with Gasteiger partial charge >= 0.3 is 0 Å². The van der Waals surface area contributed by atoms with Crippen LogP contribution in [0, 0.1) is 0 Å². The quantitative estimate of drug-likeness (QED) is 0.584. The summed E-state index contributed by atoms with van der Waals surface area (Å²) >= 11 is 0. The van der Waals surface area contributed by atoms with Gasteiger partial charge in [0.15, 0.2) is 0 Å². The van der Waals surface area contributed by atoms with E-state index in [1.54, 1.807) is 23.9 Å². The minimum absolute atomic E-state index is 0.0621. The normalized spacial score (nSPS) is 17.3. The van der Waals surface area contributed by atoms with Crippen LogP contribution in [0.5, 0.6) is 0 Å². The Labute approximate surface area is 186 Å². The van der Waals surface area contributed by atoms with Crippen LogP contribution in [-0.4, -0.2) is 53.8 Å². The van der Waals surface area contributed by atoms with E-state index < -0.39 is 10.0 Å². The highest BCUT2D eigenvalue weighted by Crippen LogP contribution is 2.26. The van der Waals surface area contributed by atoms with Crippen LogP contribution in [0.1, 0.15) is 62.0 Å². The van der Waals surface area contributed by atoms with Crippen molar-refractivity contribution in [1.29, 1.82) is 0 Å². The monoisotopic (exact) mass is 445 g/mol. The van der Waals surface area contributed by atoms with E-state index in [2.05, 4.69) is 24.3 Å². The first-order valence-corrected chi connectivity index (χ1v) is 12.8. The second kappa shape index (κ2) is 10.5. The van der Waals surface area contributed by atoms with Crippen molar-refractivity contribution in [2.24, 2.45) is 7.05 Å². The molecule has 0 spiro atoms. The maximum Gasteiger partial charge on any atom is 0.270 e. The van der Waals surface area contributed by atoms with Crippen LogP contribution in [0.25, 0.3) is 0 Å². The summed E-state index contributed by atoms with van der Waals surface area (Å²) in [5.74, 6) is -0.0621. The molecule has 1 atom stereocenters. The number of benzene rings is 1. The third kappa shape index (κ3) is 5.39. The Kier molecular flexibility index (Phi) is 7.94. The van der Waals surface area contributed by atoms with Crippen LogP contribution in [0.15, 0.2) is 47.5 Å². The van der Waals surface area contributed by atoms with Crippen LogP contribution in [0.4, 0.5) is 0 Å². The van der Waals surface area contributed by atoms with E-state index in [-0.39, 0.29) is 16.8 Å². The van der Waals surface area contributed by atoms with Crippen molar-refractivity contribution >= 4 is 15.9 Å². The van der Waals surface area contributed by atoms with Crippen LogP contribution >= 0.6 is 0 Å². The number of piperidine rings is 1. The number of rotatable bonds is 9. The van der Waals surface area contributed by atoms with Gasteiger partial charge in [0.2, 0.25) is 10.0 Å². The first kappa shape index (κ1) is 23.5. The first-order chi connectivity index (χ1) is 14.9. The number of likely N-dealkylation sites (tertiary alicyclic amines) is 1. The van der Waals surface area contributed by atoms with Gasteiger partial charge in [-0.3, -0.25) is 4.79 Å². The molecule has 1 aliphatic rings. The van der Waals surface area contributed by atoms with Crippen LogP contribution in [0.2, 0.25) is 0 Å². The third-order valence-electron chi connectivity index (χ3n) is 6.28. The summed E-state index contributed by atoms with van der Waals surface area (Å²) < 4.78 is 28.9. The topological polar surface area (TPSA) is 62.6 Å². The largest absolute Gasteiger partial charge is 0.345 e. The Balaban J connectivity index is 1.73. The highest BCUT2D eigenvalue weighted by atomic mass is 32.2. The van der Waals surface area contributed by atoms with Crippen LogP contribution < -0.4 is 0 Å². The van der Waals surface area contributed by atoms with Crippen molar-refractivity contribution < 1.29 is 13.2 Å². The molecule has 2 heterocycles. The van der Waals surface area contributed by atoms with Gasteiger partial charge in [0.25, 0.3) is 5.91 Å². The molecule has 1 aliphatic heterocycles. The van der Waals surface area contributed by atoms with Crippen molar-refractivity contribution in [3.8, 4) is 0 Å². The average Bonchev–Trinajstić information content (AvgIpc) is 3.17. The van der Waals surface area contributed by atoms with Gasteiger partial charge in [-0.05, 0) is 50.2 Å². The molecule has 1 saturated heterocycles. The minimum Gasteiger partial charge on any atom is -0.345 e. The van der Waals surface area contributed by atoms with E-state index in [9.17, 15) is 13.2 Å². The molecule has 170 valence electrons. The van der Waals surface area contributed by atoms with Crippen molar-refractivity contribution in [2.45, 2.75) is 63.3 Å². The number of hydrogen-bond acceptors (Lipinski definition) is 3. The van der Waals surface area contributed by atoms with Gasteiger partial charge < -0.3 is 9.47 Å². The summed E-state index contributed by atoms with van der Waals surface area (Å²) in [6.07, 6.45) is 7.72. The molecule has 1 aromatic carbocycles. The number of carbonyl (C=O) groups excluding carboxylic acids is 1. The van der Waals surface area contributed by atoms with Gasteiger partial charge in [0.1, 0.15) is 10.6 Å². The molecule has 1 amide bonds. The lowest BCUT2D eigenvalue weighted by Crippen LogP contribution is -2.44. The van der Waals surface area contributed by atoms with E-state index in [1.807, 2.05) is 24.8 Å². The minimum atomic E-state index is -3.58. The van der Waals surface area contributed by atoms with Crippen molar-refractivity contribution in [2.75, 3.05) is 19.6 Å². The Morgan fingerprint density at radius 1 is 1.13 bits per heavy atom. The summed E-state index contributed by atoms with van der Waals surface area (Å²) in [5.41, 5.74) is 1.77. The highest BCUT2D eigenvalue weighted by Gasteiger charge is 2.31. The number of sulfonamides is 1. The average molecular weight is 446 g/mol. The van der Waals surface area contributed by atoms with Gasteiger partial charge in [0.05, 0.1) is 0 Å². The Morgan fingerprint density at radius 2 is 1.84 bits per heavy atom. The zero-order valence-electron chi connectivity index (χ0n) is 19.0. The van der Waals surface area contributed by atoms with E-state index in [0.29, 0.717) is 18.8 Å². The molecule has 1 unspecified atom stereocenters. The maximum absolute atomic E-state index is 13.4. The molecular weight excluding hydrogens is 410 g/mol. The Hall–Kier alpha value is -2.12. The molecule has 0 N–H and O–H groups in total. The van der Waals surface area contributed by atoms with Crippen molar-refractivity contribution in [3.05, 3.63) is 53.9 Å². The molecule has 0 bridgehead atoms. The van der Waals surface area contributed by atoms with Crippen molar-refractivity contribution in [1.82, 2.24) is 13.8 Å². The molecule has 2 aromatic rings. The third-order valence-corrected chi connectivity index (χ3v) is 8.29. The lowest BCUT2D eigenvalue weighted by Gasteiger charge is -2.36. The maximum atomic E-state index is 13.4. The zero-order chi connectivity index (χ0) is 22.4. The molecule has 6 nitrogen and oxygen atoms in total. The molecule has 0 saturated carbocycles. The molecule has 0 aliphatic carbocycles. The number of hydrogen-bond donors (Lipinski definition) is 0. The fourth-order valence-corrected chi connectivity index (χ4v) is 6.03. The van der Waals surface area contributed by atoms with E-state index in [0.717, 1.165) is 45.1 Å². The fourth-order valence-electron chi connectivity index (χ4n) is 4.50. The number of carbonyl (C=O) groups is 1. The summed E-state index contributed by atoms with van der Waals surface area (Å²) in [7, 11) is -1.83. The number of aromatic nitrogens is 1. The van der Waals surface area contributed by atoms with E-state index in [1.165, 1.54) is 9.87 Å². The molecule has 1 fully saturated rings. The smallest absolute Gasteiger partial charge is 0.270 e. The van der Waals surface area contributed by atoms with Crippen LogP contribution in [-0.2, 0) is 23.5 Å². The van der Waals surface area contributed by atoms with Gasteiger partial charge in [0, 0.05) is 38.9 Å².